The van der Waals surface area contributed by atoms with E-state index in [2.05, 4.69) is 27.5 Å². The second kappa shape index (κ2) is 9.99. The van der Waals surface area contributed by atoms with Gasteiger partial charge in [0, 0.05) is 36.6 Å². The molecule has 2 heterocycles. The number of carbonyl (C=O) groups excluding carboxylic acids is 2. The average Bonchev–Trinajstić information content (AvgIpc) is 3.32. The van der Waals surface area contributed by atoms with Gasteiger partial charge < -0.3 is 21.4 Å². The molecule has 2 aromatic carbocycles. The zero-order valence-electron chi connectivity index (χ0n) is 19.7. The molecular formula is C26H32N6O2. The van der Waals surface area contributed by atoms with Gasteiger partial charge in [-0.25, -0.2) is 9.79 Å². The Morgan fingerprint density at radius 1 is 1.12 bits per heavy atom. The van der Waals surface area contributed by atoms with E-state index in [1.165, 1.54) is 0 Å². The van der Waals surface area contributed by atoms with E-state index in [0.29, 0.717) is 26.1 Å². The molecule has 1 aliphatic heterocycles. The number of nitrogens with one attached hydrogen (secondary N) is 3. The Balaban J connectivity index is 1.36. The molecule has 4 rings (SSSR count). The van der Waals surface area contributed by atoms with Gasteiger partial charge in [-0.05, 0) is 36.1 Å². The number of aromatic nitrogens is 1. The first-order chi connectivity index (χ1) is 16.4. The average molecular weight is 461 g/mol. The van der Waals surface area contributed by atoms with Crippen LogP contribution in [0.5, 0.6) is 0 Å². The number of amides is 3. The maximum absolute atomic E-state index is 13.3. The third-order valence-electron chi connectivity index (χ3n) is 6.19. The van der Waals surface area contributed by atoms with E-state index in [1.807, 2.05) is 61.7 Å². The van der Waals surface area contributed by atoms with Gasteiger partial charge in [0.05, 0.1) is 6.54 Å². The number of hydrogen-bond acceptors (Lipinski definition) is 4. The van der Waals surface area contributed by atoms with E-state index < -0.39 is 5.54 Å². The van der Waals surface area contributed by atoms with Crippen molar-refractivity contribution < 1.29 is 9.59 Å². The van der Waals surface area contributed by atoms with Crippen LogP contribution in [0.3, 0.4) is 0 Å². The first kappa shape index (κ1) is 23.4. The first-order valence-electron chi connectivity index (χ1n) is 11.7. The topological polar surface area (TPSA) is 116 Å². The van der Waals surface area contributed by atoms with Crippen molar-refractivity contribution in [1.29, 1.82) is 0 Å². The van der Waals surface area contributed by atoms with Gasteiger partial charge in [-0.3, -0.25) is 9.69 Å². The summed E-state index contributed by atoms with van der Waals surface area (Å²) in [6.45, 7) is 5.38. The molecule has 34 heavy (non-hydrogen) atoms. The highest BCUT2D eigenvalue weighted by Crippen LogP contribution is 2.30. The van der Waals surface area contributed by atoms with Crippen LogP contribution >= 0.6 is 0 Å². The Morgan fingerprint density at radius 2 is 1.85 bits per heavy atom. The normalized spacial score (nSPS) is 17.8. The van der Waals surface area contributed by atoms with E-state index in [0.717, 1.165) is 40.4 Å². The van der Waals surface area contributed by atoms with Crippen molar-refractivity contribution in [2.24, 2.45) is 10.7 Å². The Morgan fingerprint density at radius 3 is 2.62 bits per heavy atom. The van der Waals surface area contributed by atoms with Crippen LogP contribution in [-0.4, -0.2) is 39.9 Å². The molecule has 0 fully saturated rings. The quantitative estimate of drug-likeness (QED) is 0.367. The predicted octanol–water partition coefficient (Wildman–Crippen LogP) is 3.43. The molecule has 178 valence electrons. The summed E-state index contributed by atoms with van der Waals surface area (Å²) < 4.78 is 0. The van der Waals surface area contributed by atoms with Crippen molar-refractivity contribution in [3.63, 3.8) is 0 Å². The fourth-order valence-electron chi connectivity index (χ4n) is 4.24. The molecule has 0 spiro atoms. The van der Waals surface area contributed by atoms with Gasteiger partial charge in [0.2, 0.25) is 0 Å². The number of guanidine groups is 1. The summed E-state index contributed by atoms with van der Waals surface area (Å²) in [6.07, 6.45) is 4.41. The summed E-state index contributed by atoms with van der Waals surface area (Å²) in [5.41, 5.74) is 9.25. The number of benzene rings is 2. The van der Waals surface area contributed by atoms with Crippen LogP contribution in [0.25, 0.3) is 10.9 Å². The van der Waals surface area contributed by atoms with Crippen molar-refractivity contribution >= 4 is 28.8 Å². The number of H-pyrrole nitrogens is 1. The third kappa shape index (κ3) is 5.06. The lowest BCUT2D eigenvalue weighted by Gasteiger charge is -2.22. The Bertz CT molecular complexity index is 1200. The lowest BCUT2D eigenvalue weighted by Crippen LogP contribution is -2.43. The van der Waals surface area contributed by atoms with Gasteiger partial charge in [0.25, 0.3) is 5.91 Å². The van der Waals surface area contributed by atoms with E-state index in [-0.39, 0.29) is 17.9 Å². The van der Waals surface area contributed by atoms with Gasteiger partial charge >= 0.3 is 6.03 Å². The van der Waals surface area contributed by atoms with Crippen molar-refractivity contribution in [2.75, 3.05) is 6.54 Å². The minimum atomic E-state index is -0.940. The maximum atomic E-state index is 13.3. The summed E-state index contributed by atoms with van der Waals surface area (Å²) in [6, 6.07) is 15.6. The molecule has 1 aromatic heterocycles. The molecule has 1 atom stereocenters. The fraction of sp³-hybridized carbons (Fsp3) is 0.346. The van der Waals surface area contributed by atoms with Gasteiger partial charge in [-0.1, -0.05) is 55.8 Å². The molecule has 3 aromatic rings. The summed E-state index contributed by atoms with van der Waals surface area (Å²) in [5.74, 6) is 0.131. The van der Waals surface area contributed by atoms with Crippen LogP contribution in [0.4, 0.5) is 4.79 Å². The number of fused-ring (bicyclic) bond motifs is 1. The standard InChI is InChI=1S/C26H32N6O2/c1-3-4-13-28-25(34)30-15-18-9-11-19(12-10-18)17-32-23(33)26(2,31-24(32)27)14-20-16-29-22-8-6-5-7-21(20)22/h5-12,16,29H,3-4,13-15,17H2,1-2H3,(H2,27,31)(H2,28,30,34). The molecular weight excluding hydrogens is 428 g/mol. The van der Waals surface area contributed by atoms with Crippen LogP contribution in [0, 0.1) is 0 Å². The van der Waals surface area contributed by atoms with Gasteiger partial charge in [-0.2, -0.15) is 0 Å². The number of para-hydroxylation sites is 1. The van der Waals surface area contributed by atoms with Crippen LogP contribution in [0.1, 0.15) is 43.4 Å². The van der Waals surface area contributed by atoms with Crippen LogP contribution in [-0.2, 0) is 24.3 Å². The summed E-state index contributed by atoms with van der Waals surface area (Å²) >= 11 is 0. The number of carbonyl (C=O) groups is 2. The second-order valence-electron chi connectivity index (χ2n) is 8.95. The number of aliphatic imine (C=N–C) groups is 1. The minimum absolute atomic E-state index is 0.107. The molecule has 8 heteroatoms. The van der Waals surface area contributed by atoms with E-state index in [1.54, 1.807) is 4.90 Å². The van der Waals surface area contributed by atoms with E-state index >= 15 is 0 Å². The largest absolute Gasteiger partial charge is 0.369 e. The Kier molecular flexibility index (Phi) is 6.86. The van der Waals surface area contributed by atoms with Crippen LogP contribution in [0.15, 0.2) is 59.7 Å². The number of nitrogens with two attached hydrogens (primary N) is 1. The predicted molar refractivity (Wildman–Crippen MR) is 134 cm³/mol. The zero-order valence-corrected chi connectivity index (χ0v) is 19.7. The Labute approximate surface area is 199 Å². The molecule has 0 bridgehead atoms. The first-order valence-corrected chi connectivity index (χ1v) is 11.7. The minimum Gasteiger partial charge on any atom is -0.369 e. The van der Waals surface area contributed by atoms with E-state index in [4.69, 9.17) is 5.73 Å². The highest BCUT2D eigenvalue weighted by atomic mass is 16.2. The summed E-state index contributed by atoms with van der Waals surface area (Å²) in [7, 11) is 0. The lowest BCUT2D eigenvalue weighted by atomic mass is 9.92. The monoisotopic (exact) mass is 460 g/mol. The maximum Gasteiger partial charge on any atom is 0.315 e. The molecule has 1 aliphatic rings. The number of rotatable bonds is 9. The smallest absolute Gasteiger partial charge is 0.315 e. The number of aromatic amines is 1. The van der Waals surface area contributed by atoms with Gasteiger partial charge in [0.15, 0.2) is 5.96 Å². The number of nitrogens with zero attached hydrogens (tertiary/aromatic N) is 2. The number of urea groups is 1. The summed E-state index contributed by atoms with van der Waals surface area (Å²) in [4.78, 5) is 34.5. The lowest BCUT2D eigenvalue weighted by molar-refractivity contribution is -0.131. The molecule has 3 amide bonds. The SMILES string of the molecule is CCCCNC(=O)NCc1ccc(CN2C(=O)C(C)(Cc3c[nH]c4ccccc34)N=C2N)cc1. The van der Waals surface area contributed by atoms with Gasteiger partial charge in [0.1, 0.15) is 5.54 Å². The molecule has 0 aliphatic carbocycles. The van der Waals surface area contributed by atoms with Crippen molar-refractivity contribution in [3.8, 4) is 0 Å². The summed E-state index contributed by atoms with van der Waals surface area (Å²) in [5, 5.41) is 6.78. The Hall–Kier alpha value is -3.81. The highest BCUT2D eigenvalue weighted by Gasteiger charge is 2.44. The molecule has 0 saturated heterocycles. The van der Waals surface area contributed by atoms with Crippen molar-refractivity contribution in [2.45, 2.75) is 51.7 Å². The highest BCUT2D eigenvalue weighted by molar-refractivity contribution is 6.06. The second-order valence-corrected chi connectivity index (χ2v) is 8.95. The van der Waals surface area contributed by atoms with Crippen molar-refractivity contribution in [1.82, 2.24) is 20.5 Å². The van der Waals surface area contributed by atoms with Crippen LogP contribution in [0.2, 0.25) is 0 Å². The number of unbranched alkanes of at least 4 members (excludes halogenated alkanes) is 1. The third-order valence-corrected chi connectivity index (χ3v) is 6.19. The van der Waals surface area contributed by atoms with Crippen LogP contribution < -0.4 is 16.4 Å². The van der Waals surface area contributed by atoms with E-state index in [9.17, 15) is 9.59 Å². The number of hydrogen-bond donors (Lipinski definition) is 4. The molecule has 0 saturated carbocycles. The molecule has 0 radical (unpaired) electrons. The van der Waals surface area contributed by atoms with Crippen molar-refractivity contribution in [3.05, 3.63) is 71.4 Å². The zero-order chi connectivity index (χ0) is 24.1. The fourth-order valence-corrected chi connectivity index (χ4v) is 4.24. The molecule has 5 N–H and O–H groups in total. The molecule has 1 unspecified atom stereocenters. The van der Waals surface area contributed by atoms with Gasteiger partial charge in [-0.15, -0.1) is 0 Å². The molecule has 8 nitrogen and oxygen atoms in total.